The van der Waals surface area contributed by atoms with Crippen LogP contribution in [0.5, 0.6) is 0 Å². The van der Waals surface area contributed by atoms with E-state index in [1.54, 1.807) is 18.6 Å². The van der Waals surface area contributed by atoms with Crippen molar-refractivity contribution in [3.63, 3.8) is 0 Å². The molecule has 0 saturated carbocycles. The maximum Gasteiger partial charge on any atom is 0.287 e. The fourth-order valence-corrected chi connectivity index (χ4v) is 2.64. The van der Waals surface area contributed by atoms with E-state index in [0.717, 1.165) is 27.8 Å². The highest BCUT2D eigenvalue weighted by Gasteiger charge is 2.19. The summed E-state index contributed by atoms with van der Waals surface area (Å²) in [6.07, 6.45) is 5.61. The van der Waals surface area contributed by atoms with E-state index in [4.69, 9.17) is 4.42 Å². The van der Waals surface area contributed by atoms with E-state index in [0.29, 0.717) is 12.2 Å². The zero-order valence-electron chi connectivity index (χ0n) is 13.5. The highest BCUT2D eigenvalue weighted by molar-refractivity contribution is 5.99. The summed E-state index contributed by atoms with van der Waals surface area (Å²) in [5, 5.41) is 3.93. The normalized spacial score (nSPS) is 12.3. The molecule has 0 bridgehead atoms. The Kier molecular flexibility index (Phi) is 4.10. The molecule has 0 aliphatic heterocycles. The topological polar surface area (TPSA) is 68.0 Å². The zero-order valence-corrected chi connectivity index (χ0v) is 13.5. The highest BCUT2D eigenvalue weighted by Crippen LogP contribution is 2.26. The van der Waals surface area contributed by atoms with Crippen molar-refractivity contribution in [1.82, 2.24) is 15.3 Å². The molecule has 1 aromatic carbocycles. The Hall–Kier alpha value is -2.69. The Bertz CT molecular complexity index is 840. The van der Waals surface area contributed by atoms with Crippen molar-refractivity contribution in [3.8, 4) is 0 Å². The number of fused-ring (bicyclic) bond motifs is 1. The van der Waals surface area contributed by atoms with Gasteiger partial charge in [-0.3, -0.25) is 14.8 Å². The van der Waals surface area contributed by atoms with E-state index in [1.165, 1.54) is 0 Å². The summed E-state index contributed by atoms with van der Waals surface area (Å²) in [5.41, 5.74) is 3.56. The van der Waals surface area contributed by atoms with Crippen LogP contribution in [0, 0.1) is 13.8 Å². The first-order chi connectivity index (χ1) is 11.0. The molecule has 2 heterocycles. The number of nitrogens with one attached hydrogen (secondary N) is 1. The second-order valence-electron chi connectivity index (χ2n) is 5.83. The average molecular weight is 309 g/mol. The minimum absolute atomic E-state index is 0.0615. The molecule has 118 valence electrons. The summed E-state index contributed by atoms with van der Waals surface area (Å²) in [6, 6.07) is 5.89. The first-order valence-corrected chi connectivity index (χ1v) is 7.60. The summed E-state index contributed by atoms with van der Waals surface area (Å²) < 4.78 is 5.75. The molecule has 0 aliphatic rings. The summed E-state index contributed by atoms with van der Waals surface area (Å²) in [5.74, 6) is 0.171. The van der Waals surface area contributed by atoms with Crippen LogP contribution in [0.2, 0.25) is 0 Å². The summed E-state index contributed by atoms with van der Waals surface area (Å²) >= 11 is 0. The van der Waals surface area contributed by atoms with Gasteiger partial charge < -0.3 is 9.73 Å². The maximum absolute atomic E-state index is 12.5. The third-order valence-corrected chi connectivity index (χ3v) is 3.81. The third kappa shape index (κ3) is 3.23. The molecule has 3 rings (SSSR count). The number of hydrogen-bond acceptors (Lipinski definition) is 4. The molecule has 1 amide bonds. The van der Waals surface area contributed by atoms with Gasteiger partial charge in [0.2, 0.25) is 0 Å². The lowest BCUT2D eigenvalue weighted by Crippen LogP contribution is -2.34. The number of benzene rings is 1. The molecule has 0 radical (unpaired) electrons. The summed E-state index contributed by atoms with van der Waals surface area (Å²) in [7, 11) is 0. The standard InChI is InChI=1S/C18H19N3O2/c1-11-4-5-15-13(3)17(23-16(15)8-11)18(22)21-12(2)9-14-10-19-6-7-20-14/h4-8,10,12H,9H2,1-3H3,(H,21,22)/t12-/m1/s1. The minimum Gasteiger partial charge on any atom is -0.451 e. The molecule has 5 nitrogen and oxygen atoms in total. The largest absolute Gasteiger partial charge is 0.451 e. The number of nitrogens with zero attached hydrogens (tertiary/aromatic N) is 2. The molecule has 0 spiro atoms. The second-order valence-corrected chi connectivity index (χ2v) is 5.83. The Balaban J connectivity index is 1.76. The van der Waals surface area contributed by atoms with Crippen molar-refractivity contribution in [2.75, 3.05) is 0 Å². The Morgan fingerprint density at radius 1 is 1.30 bits per heavy atom. The number of carbonyl (C=O) groups is 1. The number of aryl methyl sites for hydroxylation is 2. The van der Waals surface area contributed by atoms with Gasteiger partial charge in [-0.1, -0.05) is 12.1 Å². The van der Waals surface area contributed by atoms with Crippen LogP contribution in [0.1, 0.15) is 34.3 Å². The SMILES string of the molecule is Cc1ccc2c(C)c(C(=O)N[C@H](C)Cc3cnccn3)oc2c1. The van der Waals surface area contributed by atoms with Crippen LogP contribution < -0.4 is 5.32 Å². The van der Waals surface area contributed by atoms with Crippen LogP contribution in [-0.4, -0.2) is 21.9 Å². The van der Waals surface area contributed by atoms with Crippen LogP contribution in [0.4, 0.5) is 0 Å². The first kappa shape index (κ1) is 15.2. The van der Waals surface area contributed by atoms with Gasteiger partial charge >= 0.3 is 0 Å². The summed E-state index contributed by atoms with van der Waals surface area (Å²) in [6.45, 7) is 5.85. The molecule has 1 atom stereocenters. The number of aromatic nitrogens is 2. The van der Waals surface area contributed by atoms with Gasteiger partial charge in [-0.15, -0.1) is 0 Å². The van der Waals surface area contributed by atoms with E-state index in [9.17, 15) is 4.79 Å². The molecular formula is C18H19N3O2. The number of hydrogen-bond donors (Lipinski definition) is 1. The van der Waals surface area contributed by atoms with E-state index in [2.05, 4.69) is 15.3 Å². The molecule has 3 aromatic rings. The number of carbonyl (C=O) groups excluding carboxylic acids is 1. The van der Waals surface area contributed by atoms with Gasteiger partial charge in [0, 0.05) is 42.0 Å². The van der Waals surface area contributed by atoms with Crippen molar-refractivity contribution in [2.24, 2.45) is 0 Å². The van der Waals surface area contributed by atoms with E-state index < -0.39 is 0 Å². The van der Waals surface area contributed by atoms with Crippen molar-refractivity contribution < 1.29 is 9.21 Å². The lowest BCUT2D eigenvalue weighted by Gasteiger charge is -2.12. The van der Waals surface area contributed by atoms with Gasteiger partial charge in [0.15, 0.2) is 5.76 Å². The van der Waals surface area contributed by atoms with Crippen molar-refractivity contribution >= 4 is 16.9 Å². The number of rotatable bonds is 4. The van der Waals surface area contributed by atoms with E-state index in [1.807, 2.05) is 39.0 Å². The zero-order chi connectivity index (χ0) is 16.4. The van der Waals surface area contributed by atoms with Crippen LogP contribution in [-0.2, 0) is 6.42 Å². The van der Waals surface area contributed by atoms with Crippen molar-refractivity contribution in [1.29, 1.82) is 0 Å². The van der Waals surface area contributed by atoms with Gasteiger partial charge in [-0.25, -0.2) is 0 Å². The third-order valence-electron chi connectivity index (χ3n) is 3.81. The molecule has 2 aromatic heterocycles. The number of furan rings is 1. The average Bonchev–Trinajstić information content (AvgIpc) is 2.84. The van der Waals surface area contributed by atoms with Crippen molar-refractivity contribution in [2.45, 2.75) is 33.2 Å². The van der Waals surface area contributed by atoms with Crippen molar-refractivity contribution in [3.05, 3.63) is 59.4 Å². The maximum atomic E-state index is 12.5. The van der Waals surface area contributed by atoms with Crippen LogP contribution in [0.3, 0.4) is 0 Å². The Morgan fingerprint density at radius 3 is 2.87 bits per heavy atom. The van der Waals surface area contributed by atoms with Crippen LogP contribution >= 0.6 is 0 Å². The van der Waals surface area contributed by atoms with E-state index in [-0.39, 0.29) is 11.9 Å². The smallest absolute Gasteiger partial charge is 0.287 e. The molecule has 0 fully saturated rings. The molecule has 0 aliphatic carbocycles. The molecule has 0 saturated heterocycles. The Labute approximate surface area is 134 Å². The molecule has 5 heteroatoms. The second kappa shape index (κ2) is 6.20. The highest BCUT2D eigenvalue weighted by atomic mass is 16.3. The predicted molar refractivity (Wildman–Crippen MR) is 88.4 cm³/mol. The lowest BCUT2D eigenvalue weighted by atomic mass is 10.1. The fraction of sp³-hybridized carbons (Fsp3) is 0.278. The number of amides is 1. The van der Waals surface area contributed by atoms with Gasteiger partial charge in [0.05, 0.1) is 5.69 Å². The predicted octanol–water partition coefficient (Wildman–Crippen LogP) is 3.20. The van der Waals surface area contributed by atoms with Gasteiger partial charge in [-0.2, -0.15) is 0 Å². The van der Waals surface area contributed by atoms with Gasteiger partial charge in [-0.05, 0) is 32.4 Å². The first-order valence-electron chi connectivity index (χ1n) is 7.60. The fourth-order valence-electron chi connectivity index (χ4n) is 2.64. The van der Waals surface area contributed by atoms with Gasteiger partial charge in [0.25, 0.3) is 5.91 Å². The molecule has 0 unspecified atom stereocenters. The van der Waals surface area contributed by atoms with Gasteiger partial charge in [0.1, 0.15) is 5.58 Å². The molecule has 23 heavy (non-hydrogen) atoms. The van der Waals surface area contributed by atoms with E-state index >= 15 is 0 Å². The lowest BCUT2D eigenvalue weighted by molar-refractivity contribution is 0.0913. The van der Waals surface area contributed by atoms with Crippen LogP contribution in [0.25, 0.3) is 11.0 Å². The quantitative estimate of drug-likeness (QED) is 0.803. The monoisotopic (exact) mass is 309 g/mol. The molecular weight excluding hydrogens is 290 g/mol. The molecule has 1 N–H and O–H groups in total. The summed E-state index contributed by atoms with van der Waals surface area (Å²) in [4.78, 5) is 20.7. The Morgan fingerprint density at radius 2 is 2.13 bits per heavy atom. The van der Waals surface area contributed by atoms with Crippen LogP contribution in [0.15, 0.2) is 41.2 Å². The minimum atomic E-state index is -0.201.